The van der Waals surface area contributed by atoms with Gasteiger partial charge in [0, 0.05) is 28.8 Å². The highest BCUT2D eigenvalue weighted by Crippen LogP contribution is 2.26. The summed E-state index contributed by atoms with van der Waals surface area (Å²) >= 11 is 0. The average molecular weight is 373 g/mol. The van der Waals surface area contributed by atoms with Gasteiger partial charge in [-0.3, -0.25) is 4.72 Å². The Morgan fingerprint density at radius 1 is 1.19 bits per heavy atom. The number of anilines is 1. The van der Waals surface area contributed by atoms with E-state index in [1.165, 1.54) is 24.6 Å². The number of nitrogens with one attached hydrogen (secondary N) is 3. The summed E-state index contributed by atoms with van der Waals surface area (Å²) in [5.41, 5.74) is 2.51. The first-order chi connectivity index (χ1) is 12.5. The first-order valence-corrected chi connectivity index (χ1v) is 10.1. The minimum absolute atomic E-state index is 0.357. The average Bonchev–Trinajstić information content (AvgIpc) is 3.25. The molecule has 3 aromatic rings. The molecule has 0 radical (unpaired) electrons. The molecule has 136 valence electrons. The third kappa shape index (κ3) is 3.32. The number of rotatable bonds is 5. The molecule has 2 heterocycles. The van der Waals surface area contributed by atoms with Gasteiger partial charge in [-0.05, 0) is 61.7 Å². The Labute approximate surface area is 151 Å². The molecular weight excluding hydrogens is 353 g/mol. The lowest BCUT2D eigenvalue weighted by Gasteiger charge is -2.11. The van der Waals surface area contributed by atoms with Crippen molar-refractivity contribution in [2.45, 2.75) is 30.2 Å². The second kappa shape index (κ2) is 6.74. The van der Waals surface area contributed by atoms with Crippen LogP contribution in [-0.4, -0.2) is 26.0 Å². The Bertz CT molecular complexity index is 1040. The molecule has 1 aromatic heterocycles. The number of aromatic nitrogens is 1. The van der Waals surface area contributed by atoms with Crippen molar-refractivity contribution in [3.63, 3.8) is 0 Å². The molecule has 0 bridgehead atoms. The predicted octanol–water partition coefficient (Wildman–Crippen LogP) is 3.40. The fourth-order valence-electron chi connectivity index (χ4n) is 3.48. The Morgan fingerprint density at radius 2 is 2.04 bits per heavy atom. The minimum Gasteiger partial charge on any atom is -0.361 e. The molecule has 3 N–H and O–H groups in total. The third-order valence-electron chi connectivity index (χ3n) is 4.77. The van der Waals surface area contributed by atoms with E-state index in [4.69, 9.17) is 0 Å². The molecule has 1 aliphatic rings. The van der Waals surface area contributed by atoms with Crippen molar-refractivity contribution in [2.24, 2.45) is 0 Å². The second-order valence-electron chi connectivity index (χ2n) is 6.61. The van der Waals surface area contributed by atoms with Gasteiger partial charge in [-0.2, -0.15) is 0 Å². The Kier molecular flexibility index (Phi) is 4.42. The van der Waals surface area contributed by atoms with Crippen molar-refractivity contribution in [3.8, 4) is 0 Å². The van der Waals surface area contributed by atoms with E-state index in [0.29, 0.717) is 11.7 Å². The van der Waals surface area contributed by atoms with Gasteiger partial charge in [0.25, 0.3) is 10.0 Å². The quantitative estimate of drug-likeness (QED) is 0.642. The zero-order valence-electron chi connectivity index (χ0n) is 14.1. The highest BCUT2D eigenvalue weighted by molar-refractivity contribution is 7.92. The molecule has 1 aliphatic heterocycles. The third-order valence-corrected chi connectivity index (χ3v) is 6.19. The summed E-state index contributed by atoms with van der Waals surface area (Å²) in [7, 11) is -3.98. The molecule has 1 atom stereocenters. The summed E-state index contributed by atoms with van der Waals surface area (Å²) in [5, 5.41) is 4.45. The first kappa shape index (κ1) is 17.1. The molecule has 1 fully saturated rings. The van der Waals surface area contributed by atoms with Gasteiger partial charge in [-0.15, -0.1) is 0 Å². The second-order valence-corrected chi connectivity index (χ2v) is 8.26. The monoisotopic (exact) mass is 373 g/mol. The summed E-state index contributed by atoms with van der Waals surface area (Å²) in [5.74, 6) is -0.768. The van der Waals surface area contributed by atoms with Crippen LogP contribution in [0, 0.1) is 5.82 Å². The number of H-pyrrole nitrogens is 1. The van der Waals surface area contributed by atoms with Crippen LogP contribution in [0.4, 0.5) is 10.1 Å². The van der Waals surface area contributed by atoms with Gasteiger partial charge in [-0.1, -0.05) is 12.1 Å². The highest BCUT2D eigenvalue weighted by Gasteiger charge is 2.20. The molecule has 0 unspecified atom stereocenters. The van der Waals surface area contributed by atoms with Crippen LogP contribution in [0.25, 0.3) is 10.9 Å². The number of sulfonamides is 1. The zero-order valence-corrected chi connectivity index (χ0v) is 14.9. The van der Waals surface area contributed by atoms with Crippen LogP contribution in [0.1, 0.15) is 18.4 Å². The van der Waals surface area contributed by atoms with E-state index in [9.17, 15) is 12.8 Å². The van der Waals surface area contributed by atoms with Crippen LogP contribution in [0.15, 0.2) is 53.6 Å². The maximum atomic E-state index is 13.9. The maximum absolute atomic E-state index is 13.9. The Hall–Kier alpha value is -2.38. The molecule has 5 nitrogen and oxygen atoms in total. The molecular formula is C19H20FN3O2S. The number of hydrogen-bond acceptors (Lipinski definition) is 3. The van der Waals surface area contributed by atoms with Gasteiger partial charge in [0.2, 0.25) is 0 Å². The molecule has 26 heavy (non-hydrogen) atoms. The summed E-state index contributed by atoms with van der Waals surface area (Å²) < 4.78 is 41.3. The van der Waals surface area contributed by atoms with Gasteiger partial charge < -0.3 is 10.3 Å². The van der Waals surface area contributed by atoms with Crippen molar-refractivity contribution in [1.82, 2.24) is 10.3 Å². The molecule has 7 heteroatoms. The van der Waals surface area contributed by atoms with Crippen LogP contribution in [0.2, 0.25) is 0 Å². The highest BCUT2D eigenvalue weighted by atomic mass is 32.2. The SMILES string of the molecule is O=S(=O)(Nc1ccc2[nH]cc(C[C@H]3CCCN3)c2c1)c1ccccc1F. The maximum Gasteiger partial charge on any atom is 0.264 e. The molecule has 0 spiro atoms. The largest absolute Gasteiger partial charge is 0.361 e. The van der Waals surface area contributed by atoms with Gasteiger partial charge in [-0.25, -0.2) is 12.8 Å². The van der Waals surface area contributed by atoms with Crippen molar-refractivity contribution < 1.29 is 12.8 Å². The fourth-order valence-corrected chi connectivity index (χ4v) is 4.61. The number of halogens is 1. The van der Waals surface area contributed by atoms with E-state index in [2.05, 4.69) is 15.0 Å². The van der Waals surface area contributed by atoms with Crippen molar-refractivity contribution in [2.75, 3.05) is 11.3 Å². The molecule has 0 saturated carbocycles. The van der Waals surface area contributed by atoms with E-state index in [1.807, 2.05) is 12.3 Å². The molecule has 4 rings (SSSR count). The van der Waals surface area contributed by atoms with E-state index >= 15 is 0 Å². The van der Waals surface area contributed by atoms with Gasteiger partial charge in [0.05, 0.1) is 0 Å². The topological polar surface area (TPSA) is 74.0 Å². The van der Waals surface area contributed by atoms with Crippen LogP contribution >= 0.6 is 0 Å². The molecule has 0 aliphatic carbocycles. The summed E-state index contributed by atoms with van der Waals surface area (Å²) in [6.07, 6.45) is 5.19. The van der Waals surface area contributed by atoms with E-state index in [-0.39, 0.29) is 4.90 Å². The van der Waals surface area contributed by atoms with Gasteiger partial charge in [0.1, 0.15) is 10.7 Å². The van der Waals surface area contributed by atoms with Crippen molar-refractivity contribution in [1.29, 1.82) is 0 Å². The van der Waals surface area contributed by atoms with Gasteiger partial charge >= 0.3 is 0 Å². The summed E-state index contributed by atoms with van der Waals surface area (Å²) in [6, 6.07) is 11.1. The molecule has 2 aromatic carbocycles. The molecule has 1 saturated heterocycles. The normalized spacial score (nSPS) is 17.7. The van der Waals surface area contributed by atoms with Crippen LogP contribution < -0.4 is 10.0 Å². The standard InChI is InChI=1S/C19H20FN3O2S/c20-17-5-1-2-6-19(17)26(24,25)23-15-7-8-18-16(11-15)13(12-22-18)10-14-4-3-9-21-14/h1-2,5-8,11-12,14,21-23H,3-4,9-10H2/t14-/m1/s1. The number of fused-ring (bicyclic) bond motifs is 1. The smallest absolute Gasteiger partial charge is 0.264 e. The van der Waals surface area contributed by atoms with E-state index in [0.717, 1.165) is 41.9 Å². The Morgan fingerprint density at radius 3 is 2.81 bits per heavy atom. The summed E-state index contributed by atoms with van der Waals surface area (Å²) in [6.45, 7) is 1.04. The zero-order chi connectivity index (χ0) is 18.1. The number of benzene rings is 2. The van der Waals surface area contributed by atoms with Crippen molar-refractivity contribution >= 4 is 26.6 Å². The summed E-state index contributed by atoms with van der Waals surface area (Å²) in [4.78, 5) is 2.87. The lowest BCUT2D eigenvalue weighted by atomic mass is 10.0. The lowest BCUT2D eigenvalue weighted by Crippen LogP contribution is -2.23. The van der Waals surface area contributed by atoms with E-state index in [1.54, 1.807) is 12.1 Å². The Balaban J connectivity index is 1.63. The van der Waals surface area contributed by atoms with Crippen LogP contribution in [0.5, 0.6) is 0 Å². The fraction of sp³-hybridized carbons (Fsp3) is 0.263. The van der Waals surface area contributed by atoms with Gasteiger partial charge in [0.15, 0.2) is 0 Å². The van der Waals surface area contributed by atoms with Crippen LogP contribution in [-0.2, 0) is 16.4 Å². The number of aromatic amines is 1. The van der Waals surface area contributed by atoms with Crippen molar-refractivity contribution in [3.05, 3.63) is 60.0 Å². The van der Waals surface area contributed by atoms with Crippen LogP contribution in [0.3, 0.4) is 0 Å². The van der Waals surface area contributed by atoms with E-state index < -0.39 is 15.8 Å². The lowest BCUT2D eigenvalue weighted by molar-refractivity contribution is 0.570. The number of hydrogen-bond donors (Lipinski definition) is 3. The predicted molar refractivity (Wildman–Crippen MR) is 100 cm³/mol. The first-order valence-electron chi connectivity index (χ1n) is 8.64. The molecule has 0 amide bonds. The minimum atomic E-state index is -3.98.